The van der Waals surface area contributed by atoms with E-state index in [4.69, 9.17) is 5.73 Å². The number of nitrogens with zero attached hydrogens (tertiary/aromatic N) is 2. The van der Waals surface area contributed by atoms with Gasteiger partial charge in [-0.3, -0.25) is 14.2 Å². The summed E-state index contributed by atoms with van der Waals surface area (Å²) in [6, 6.07) is 21.4. The number of alkyl halides is 1. The predicted octanol–water partition coefficient (Wildman–Crippen LogP) is 5.31. The molecule has 1 saturated heterocycles. The topological polar surface area (TPSA) is 59.2 Å². The van der Waals surface area contributed by atoms with Crippen LogP contribution in [0.25, 0.3) is 11.1 Å². The fourth-order valence-electron chi connectivity index (χ4n) is 5.51. The second-order valence-electron chi connectivity index (χ2n) is 9.73. The van der Waals surface area contributed by atoms with Gasteiger partial charge in [-0.05, 0) is 89.1 Å². The van der Waals surface area contributed by atoms with Crippen LogP contribution >= 0.6 is 0 Å². The summed E-state index contributed by atoms with van der Waals surface area (Å²) in [6.07, 6.45) is 6.36. The summed E-state index contributed by atoms with van der Waals surface area (Å²) < 4.78 is 12.4. The fraction of sp³-hybridized carbons (Fsp3) is 0.333. The van der Waals surface area contributed by atoms with E-state index in [9.17, 15) is 9.18 Å². The SMILES string of the molecule is NC(=O)c1cc(C2=C(c3ccc(CC4CN(CCCF)C4)cc3)c3ccccc3CCC2)ccn1. The van der Waals surface area contributed by atoms with Gasteiger partial charge in [-0.25, -0.2) is 0 Å². The number of hydrogen-bond acceptors (Lipinski definition) is 3. The molecule has 2 aliphatic rings. The van der Waals surface area contributed by atoms with Gasteiger partial charge in [-0.1, -0.05) is 48.5 Å². The first-order valence-corrected chi connectivity index (χ1v) is 12.6. The van der Waals surface area contributed by atoms with Crippen molar-refractivity contribution < 1.29 is 9.18 Å². The maximum absolute atomic E-state index is 12.4. The second-order valence-corrected chi connectivity index (χ2v) is 9.73. The number of nitrogens with two attached hydrogens (primary N) is 1. The van der Waals surface area contributed by atoms with Crippen LogP contribution in [-0.4, -0.2) is 42.1 Å². The van der Waals surface area contributed by atoms with Crippen LogP contribution in [0.3, 0.4) is 0 Å². The van der Waals surface area contributed by atoms with Gasteiger partial charge < -0.3 is 10.6 Å². The highest BCUT2D eigenvalue weighted by Gasteiger charge is 2.26. The molecule has 180 valence electrons. The first kappa shape index (κ1) is 23.4. The number of carbonyl (C=O) groups excluding carboxylic acids is 1. The molecule has 2 heterocycles. The number of allylic oxidation sites excluding steroid dienone is 1. The number of pyridine rings is 1. The van der Waals surface area contributed by atoms with E-state index >= 15 is 0 Å². The zero-order chi connectivity index (χ0) is 24.2. The number of benzene rings is 2. The fourth-order valence-corrected chi connectivity index (χ4v) is 5.51. The van der Waals surface area contributed by atoms with Gasteiger partial charge in [-0.2, -0.15) is 0 Å². The zero-order valence-electron chi connectivity index (χ0n) is 20.1. The summed E-state index contributed by atoms with van der Waals surface area (Å²) in [5, 5.41) is 0. The lowest BCUT2D eigenvalue weighted by atomic mass is 9.86. The molecular weight excluding hydrogens is 437 g/mol. The van der Waals surface area contributed by atoms with E-state index in [0.717, 1.165) is 50.9 Å². The summed E-state index contributed by atoms with van der Waals surface area (Å²) in [7, 11) is 0. The molecule has 0 spiro atoms. The quantitative estimate of drug-likeness (QED) is 0.486. The van der Waals surface area contributed by atoms with E-state index in [1.54, 1.807) is 6.20 Å². The minimum absolute atomic E-state index is 0.229. The summed E-state index contributed by atoms with van der Waals surface area (Å²) >= 11 is 0. The number of hydrogen-bond donors (Lipinski definition) is 1. The van der Waals surface area contributed by atoms with Crippen LogP contribution in [0.5, 0.6) is 0 Å². The Hall–Kier alpha value is -3.31. The number of halogens is 1. The van der Waals surface area contributed by atoms with Crippen molar-refractivity contribution in [2.45, 2.75) is 32.1 Å². The molecule has 0 radical (unpaired) electrons. The second kappa shape index (κ2) is 10.5. The molecule has 3 aromatic rings. The standard InChI is InChI=1S/C30H32FN3O/c31-14-4-16-34-19-22(20-34)17-21-9-11-24(12-10-21)29-26-7-2-1-5-23(26)6-3-8-27(29)25-13-15-33-28(18-25)30(32)35/h1-2,5,7,9-13,15,18,22H,3-4,6,8,14,16-17,19-20H2,(H2,32,35). The molecule has 0 saturated carbocycles. The van der Waals surface area contributed by atoms with E-state index in [1.807, 2.05) is 12.1 Å². The molecule has 1 aromatic heterocycles. The van der Waals surface area contributed by atoms with E-state index in [0.29, 0.717) is 18.0 Å². The lowest BCUT2D eigenvalue weighted by molar-refractivity contribution is 0.0968. The van der Waals surface area contributed by atoms with Gasteiger partial charge in [-0.15, -0.1) is 0 Å². The van der Waals surface area contributed by atoms with Gasteiger partial charge in [0.2, 0.25) is 0 Å². The number of amides is 1. The summed E-state index contributed by atoms with van der Waals surface area (Å²) in [5.41, 5.74) is 14.4. The van der Waals surface area contributed by atoms with Crippen LogP contribution in [0.4, 0.5) is 4.39 Å². The Morgan fingerprint density at radius 3 is 2.60 bits per heavy atom. The Balaban J connectivity index is 1.47. The molecule has 0 atom stereocenters. The Bertz CT molecular complexity index is 1230. The summed E-state index contributed by atoms with van der Waals surface area (Å²) in [6.45, 7) is 2.77. The van der Waals surface area contributed by atoms with Crippen LogP contribution in [0.2, 0.25) is 0 Å². The van der Waals surface area contributed by atoms with Gasteiger partial charge in [0.15, 0.2) is 0 Å². The Kier molecular flexibility index (Phi) is 7.05. The number of carbonyl (C=O) groups is 1. The van der Waals surface area contributed by atoms with Gasteiger partial charge >= 0.3 is 0 Å². The largest absolute Gasteiger partial charge is 0.364 e. The maximum Gasteiger partial charge on any atom is 0.267 e. The van der Waals surface area contributed by atoms with Crippen molar-refractivity contribution in [1.29, 1.82) is 0 Å². The van der Waals surface area contributed by atoms with Crippen molar-refractivity contribution in [3.63, 3.8) is 0 Å². The monoisotopic (exact) mass is 469 g/mol. The first-order chi connectivity index (χ1) is 17.1. The number of primary amides is 1. The van der Waals surface area contributed by atoms with Crippen molar-refractivity contribution >= 4 is 17.1 Å². The third-order valence-corrected chi connectivity index (χ3v) is 7.23. The molecule has 1 amide bonds. The van der Waals surface area contributed by atoms with Crippen molar-refractivity contribution in [2.24, 2.45) is 11.7 Å². The average Bonchev–Trinajstić information content (AvgIpc) is 3.05. The zero-order valence-corrected chi connectivity index (χ0v) is 20.1. The van der Waals surface area contributed by atoms with Gasteiger partial charge in [0, 0.05) is 25.8 Å². The van der Waals surface area contributed by atoms with E-state index in [1.165, 1.54) is 33.4 Å². The summed E-state index contributed by atoms with van der Waals surface area (Å²) in [5.74, 6) is 0.143. The molecule has 0 unspecified atom stereocenters. The molecule has 1 aliphatic heterocycles. The molecule has 4 nitrogen and oxygen atoms in total. The van der Waals surface area contributed by atoms with Crippen molar-refractivity contribution in [3.8, 4) is 0 Å². The van der Waals surface area contributed by atoms with E-state index in [2.05, 4.69) is 58.4 Å². The normalized spacial score (nSPS) is 16.5. The molecule has 35 heavy (non-hydrogen) atoms. The number of aryl methyl sites for hydroxylation is 1. The third kappa shape index (κ3) is 5.20. The molecule has 2 aromatic carbocycles. The Morgan fingerprint density at radius 2 is 1.83 bits per heavy atom. The highest BCUT2D eigenvalue weighted by atomic mass is 19.1. The Morgan fingerprint density at radius 1 is 1.03 bits per heavy atom. The number of fused-ring (bicyclic) bond motifs is 1. The molecule has 1 fully saturated rings. The Labute approximate surface area is 206 Å². The lowest BCUT2D eigenvalue weighted by Gasteiger charge is -2.39. The third-order valence-electron chi connectivity index (χ3n) is 7.23. The van der Waals surface area contributed by atoms with Gasteiger partial charge in [0.25, 0.3) is 5.91 Å². The first-order valence-electron chi connectivity index (χ1n) is 12.6. The van der Waals surface area contributed by atoms with Gasteiger partial charge in [0.1, 0.15) is 5.69 Å². The predicted molar refractivity (Wildman–Crippen MR) is 139 cm³/mol. The minimum Gasteiger partial charge on any atom is -0.364 e. The van der Waals surface area contributed by atoms with Crippen LogP contribution in [0.1, 0.15) is 57.6 Å². The molecule has 0 bridgehead atoms. The minimum atomic E-state index is -0.508. The van der Waals surface area contributed by atoms with Crippen LogP contribution in [0, 0.1) is 5.92 Å². The van der Waals surface area contributed by atoms with Crippen LogP contribution in [0.15, 0.2) is 66.9 Å². The van der Waals surface area contributed by atoms with E-state index in [-0.39, 0.29) is 6.67 Å². The average molecular weight is 470 g/mol. The highest BCUT2D eigenvalue weighted by Crippen LogP contribution is 2.40. The van der Waals surface area contributed by atoms with E-state index < -0.39 is 5.91 Å². The van der Waals surface area contributed by atoms with Crippen molar-refractivity contribution in [1.82, 2.24) is 9.88 Å². The van der Waals surface area contributed by atoms with Crippen molar-refractivity contribution in [3.05, 3.63) is 100 Å². The highest BCUT2D eigenvalue weighted by molar-refractivity contribution is 6.01. The maximum atomic E-state index is 12.4. The number of likely N-dealkylation sites (tertiary alicyclic amines) is 1. The van der Waals surface area contributed by atoms with Crippen LogP contribution in [-0.2, 0) is 12.8 Å². The molecule has 1 aliphatic carbocycles. The molecular formula is C30H32FN3O. The molecule has 2 N–H and O–H groups in total. The molecule has 5 heteroatoms. The number of rotatable bonds is 8. The van der Waals surface area contributed by atoms with Gasteiger partial charge in [0.05, 0.1) is 6.67 Å². The number of aromatic nitrogens is 1. The summed E-state index contributed by atoms with van der Waals surface area (Å²) in [4.78, 5) is 18.3. The van der Waals surface area contributed by atoms with Crippen molar-refractivity contribution in [2.75, 3.05) is 26.3 Å². The van der Waals surface area contributed by atoms with Crippen LogP contribution < -0.4 is 5.73 Å². The smallest absolute Gasteiger partial charge is 0.267 e. The lowest BCUT2D eigenvalue weighted by Crippen LogP contribution is -2.47. The molecule has 5 rings (SSSR count).